The van der Waals surface area contributed by atoms with Gasteiger partial charge in [0.05, 0.1) is 15.0 Å². The number of rotatable bonds is 4. The first kappa shape index (κ1) is 16.1. The Morgan fingerprint density at radius 3 is 2.33 bits per heavy atom. The number of nitro benzene ring substituents is 1. The van der Waals surface area contributed by atoms with Crippen LogP contribution in [0.4, 0.5) is 11.4 Å². The molecule has 1 N–H and O–H groups in total. The van der Waals surface area contributed by atoms with Gasteiger partial charge in [0.2, 0.25) is 0 Å². The second-order valence-electron chi connectivity index (χ2n) is 4.46. The fourth-order valence-corrected chi connectivity index (χ4v) is 2.46. The fraction of sp³-hybridized carbons (Fsp3) is 0.143. The SMILES string of the molecule is CC(Nc1cc(Cl)c(Cl)cc1[N+](=O)[O-])c1ccc(Br)cc1. The predicted octanol–water partition coefficient (Wildman–Crippen LogP) is 5.84. The highest BCUT2D eigenvalue weighted by molar-refractivity contribution is 9.10. The van der Waals surface area contributed by atoms with Crippen LogP contribution in [0.3, 0.4) is 0 Å². The third-order valence-electron chi connectivity index (χ3n) is 2.98. The topological polar surface area (TPSA) is 55.2 Å². The number of benzene rings is 2. The van der Waals surface area contributed by atoms with Crippen molar-refractivity contribution < 1.29 is 4.92 Å². The molecular weight excluding hydrogens is 379 g/mol. The van der Waals surface area contributed by atoms with Crippen LogP contribution in [0.1, 0.15) is 18.5 Å². The smallest absolute Gasteiger partial charge is 0.293 e. The Morgan fingerprint density at radius 1 is 1.19 bits per heavy atom. The number of nitrogens with one attached hydrogen (secondary N) is 1. The van der Waals surface area contributed by atoms with E-state index in [1.807, 2.05) is 31.2 Å². The Kier molecular flexibility index (Phi) is 5.08. The minimum Gasteiger partial charge on any atom is -0.373 e. The van der Waals surface area contributed by atoms with Gasteiger partial charge in [-0.05, 0) is 30.7 Å². The van der Waals surface area contributed by atoms with Gasteiger partial charge < -0.3 is 5.32 Å². The summed E-state index contributed by atoms with van der Waals surface area (Å²) in [5, 5.41) is 14.6. The average Bonchev–Trinajstić information content (AvgIpc) is 2.43. The van der Waals surface area contributed by atoms with Crippen molar-refractivity contribution >= 4 is 50.5 Å². The molecule has 0 aliphatic carbocycles. The third-order valence-corrected chi connectivity index (χ3v) is 4.23. The molecule has 1 atom stereocenters. The Morgan fingerprint density at radius 2 is 1.76 bits per heavy atom. The maximum atomic E-state index is 11.1. The first-order valence-corrected chi connectivity index (χ1v) is 7.59. The molecule has 0 radical (unpaired) electrons. The van der Waals surface area contributed by atoms with Gasteiger partial charge >= 0.3 is 0 Å². The van der Waals surface area contributed by atoms with Crippen molar-refractivity contribution in [1.29, 1.82) is 0 Å². The summed E-state index contributed by atoms with van der Waals surface area (Å²) in [6.07, 6.45) is 0. The highest BCUT2D eigenvalue weighted by atomic mass is 79.9. The molecule has 0 heterocycles. The van der Waals surface area contributed by atoms with E-state index in [-0.39, 0.29) is 21.8 Å². The van der Waals surface area contributed by atoms with Gasteiger partial charge in [0.15, 0.2) is 0 Å². The Bertz CT molecular complexity index is 677. The molecular formula is C14H11BrCl2N2O2. The van der Waals surface area contributed by atoms with Crippen molar-refractivity contribution in [3.05, 3.63) is 66.6 Å². The fourth-order valence-electron chi connectivity index (χ4n) is 1.87. The summed E-state index contributed by atoms with van der Waals surface area (Å²) in [5.41, 5.74) is 1.23. The van der Waals surface area contributed by atoms with Gasteiger partial charge in [0.1, 0.15) is 5.69 Å². The van der Waals surface area contributed by atoms with E-state index in [2.05, 4.69) is 21.2 Å². The van der Waals surface area contributed by atoms with E-state index in [0.29, 0.717) is 5.69 Å². The standard InChI is InChI=1S/C14H11BrCl2N2O2/c1-8(9-2-4-10(15)5-3-9)18-13-6-11(16)12(17)7-14(13)19(20)21/h2-8,18H,1H3. The van der Waals surface area contributed by atoms with Gasteiger partial charge in [-0.25, -0.2) is 0 Å². The summed E-state index contributed by atoms with van der Waals surface area (Å²) in [6.45, 7) is 1.91. The molecule has 0 saturated carbocycles. The van der Waals surface area contributed by atoms with E-state index in [1.54, 1.807) is 0 Å². The molecule has 0 bridgehead atoms. The minimum atomic E-state index is -0.487. The van der Waals surface area contributed by atoms with E-state index < -0.39 is 4.92 Å². The van der Waals surface area contributed by atoms with Crippen molar-refractivity contribution in [2.45, 2.75) is 13.0 Å². The first-order valence-electron chi connectivity index (χ1n) is 6.04. The summed E-state index contributed by atoms with van der Waals surface area (Å²) in [5.74, 6) is 0. The maximum absolute atomic E-state index is 11.1. The summed E-state index contributed by atoms with van der Waals surface area (Å²) in [6, 6.07) is 10.3. The van der Waals surface area contributed by atoms with Crippen LogP contribution in [0, 0.1) is 10.1 Å². The largest absolute Gasteiger partial charge is 0.373 e. The predicted molar refractivity (Wildman–Crippen MR) is 89.3 cm³/mol. The average molecular weight is 390 g/mol. The quantitative estimate of drug-likeness (QED) is 0.528. The highest BCUT2D eigenvalue weighted by Crippen LogP contribution is 2.35. The summed E-state index contributed by atoms with van der Waals surface area (Å²) in [4.78, 5) is 10.6. The molecule has 0 spiro atoms. The van der Waals surface area contributed by atoms with Crippen LogP contribution in [0.5, 0.6) is 0 Å². The number of nitro groups is 1. The monoisotopic (exact) mass is 388 g/mol. The third kappa shape index (κ3) is 3.87. The Labute approximate surface area is 140 Å². The number of nitrogens with zero attached hydrogens (tertiary/aromatic N) is 1. The van der Waals surface area contributed by atoms with Gasteiger partial charge in [-0.15, -0.1) is 0 Å². The minimum absolute atomic E-state index is 0.103. The molecule has 2 aromatic carbocycles. The Balaban J connectivity index is 2.32. The van der Waals surface area contributed by atoms with Gasteiger partial charge in [0.25, 0.3) is 5.69 Å². The van der Waals surface area contributed by atoms with Crippen LogP contribution in [0.2, 0.25) is 10.0 Å². The summed E-state index contributed by atoms with van der Waals surface area (Å²) in [7, 11) is 0. The van der Waals surface area contributed by atoms with Crippen LogP contribution in [-0.2, 0) is 0 Å². The van der Waals surface area contributed by atoms with E-state index in [1.165, 1.54) is 12.1 Å². The van der Waals surface area contributed by atoms with E-state index in [4.69, 9.17) is 23.2 Å². The number of hydrogen-bond donors (Lipinski definition) is 1. The van der Waals surface area contributed by atoms with Gasteiger partial charge in [-0.2, -0.15) is 0 Å². The van der Waals surface area contributed by atoms with Crippen LogP contribution in [0.25, 0.3) is 0 Å². The molecule has 2 aromatic rings. The lowest BCUT2D eigenvalue weighted by molar-refractivity contribution is -0.384. The second kappa shape index (κ2) is 6.64. The molecule has 0 aliphatic heterocycles. The number of halogens is 3. The van der Waals surface area contributed by atoms with Crippen molar-refractivity contribution in [1.82, 2.24) is 0 Å². The van der Waals surface area contributed by atoms with Crippen molar-refractivity contribution in [3.8, 4) is 0 Å². The lowest BCUT2D eigenvalue weighted by atomic mass is 10.1. The summed E-state index contributed by atoms with van der Waals surface area (Å²) < 4.78 is 0.971. The molecule has 110 valence electrons. The Hall–Kier alpha value is -1.30. The summed E-state index contributed by atoms with van der Waals surface area (Å²) >= 11 is 15.1. The number of anilines is 1. The highest BCUT2D eigenvalue weighted by Gasteiger charge is 2.19. The van der Waals surface area contributed by atoms with Crippen LogP contribution >= 0.6 is 39.1 Å². The molecule has 0 amide bonds. The molecule has 0 aliphatic rings. The zero-order valence-electron chi connectivity index (χ0n) is 10.9. The lowest BCUT2D eigenvalue weighted by Gasteiger charge is -2.16. The molecule has 0 fully saturated rings. The molecule has 4 nitrogen and oxygen atoms in total. The zero-order chi connectivity index (χ0) is 15.6. The van der Waals surface area contributed by atoms with Gasteiger partial charge in [-0.3, -0.25) is 10.1 Å². The van der Waals surface area contributed by atoms with Crippen molar-refractivity contribution in [3.63, 3.8) is 0 Å². The lowest BCUT2D eigenvalue weighted by Crippen LogP contribution is -2.08. The molecule has 1 unspecified atom stereocenters. The number of hydrogen-bond acceptors (Lipinski definition) is 3. The van der Waals surface area contributed by atoms with Crippen LogP contribution in [0.15, 0.2) is 40.9 Å². The molecule has 2 rings (SSSR count). The van der Waals surface area contributed by atoms with Gasteiger partial charge in [-0.1, -0.05) is 51.3 Å². The molecule has 0 saturated heterocycles. The first-order chi connectivity index (χ1) is 9.88. The van der Waals surface area contributed by atoms with E-state index in [0.717, 1.165) is 10.0 Å². The maximum Gasteiger partial charge on any atom is 0.293 e. The van der Waals surface area contributed by atoms with E-state index in [9.17, 15) is 10.1 Å². The van der Waals surface area contributed by atoms with Crippen molar-refractivity contribution in [2.75, 3.05) is 5.32 Å². The zero-order valence-corrected chi connectivity index (χ0v) is 14.0. The molecule has 21 heavy (non-hydrogen) atoms. The van der Waals surface area contributed by atoms with Gasteiger partial charge in [0, 0.05) is 16.6 Å². The van der Waals surface area contributed by atoms with E-state index >= 15 is 0 Å². The normalized spacial score (nSPS) is 12.0. The van der Waals surface area contributed by atoms with Crippen LogP contribution in [-0.4, -0.2) is 4.92 Å². The van der Waals surface area contributed by atoms with Crippen molar-refractivity contribution in [2.24, 2.45) is 0 Å². The second-order valence-corrected chi connectivity index (χ2v) is 6.19. The molecule has 7 heteroatoms. The molecule has 0 aromatic heterocycles. The van der Waals surface area contributed by atoms with Crippen LogP contribution < -0.4 is 5.32 Å².